The first-order chi connectivity index (χ1) is 8.56. The summed E-state index contributed by atoms with van der Waals surface area (Å²) in [6.07, 6.45) is 2.29. The van der Waals surface area contributed by atoms with Gasteiger partial charge in [-0.1, -0.05) is 0 Å². The summed E-state index contributed by atoms with van der Waals surface area (Å²) in [7, 11) is 1.89. The van der Waals surface area contributed by atoms with E-state index in [0.29, 0.717) is 18.2 Å². The predicted octanol–water partition coefficient (Wildman–Crippen LogP) is 2.29. The average Bonchev–Trinajstić information content (AvgIpc) is 2.78. The standard InChI is InChI=1S/C13H17F3N2/c1-18(8-10-3-2-4-17-10)7-9-5-11(14)13(16)12(15)6-9/h5-6,10,17H,2-4,7-8H2,1H3. The molecule has 5 heteroatoms. The molecule has 1 heterocycles. The zero-order chi connectivity index (χ0) is 13.1. The molecule has 0 spiro atoms. The second-order valence-electron chi connectivity index (χ2n) is 4.86. The van der Waals surface area contributed by atoms with Crippen LogP contribution in [0.15, 0.2) is 12.1 Å². The molecule has 0 aliphatic carbocycles. The summed E-state index contributed by atoms with van der Waals surface area (Å²) in [6.45, 7) is 2.26. The van der Waals surface area contributed by atoms with Crippen LogP contribution in [0.4, 0.5) is 13.2 Å². The van der Waals surface area contributed by atoms with Gasteiger partial charge in [0.25, 0.3) is 0 Å². The van der Waals surface area contributed by atoms with E-state index >= 15 is 0 Å². The lowest BCUT2D eigenvalue weighted by atomic mass is 10.1. The van der Waals surface area contributed by atoms with Crippen LogP contribution in [0.3, 0.4) is 0 Å². The van der Waals surface area contributed by atoms with E-state index in [2.05, 4.69) is 5.32 Å². The number of nitrogens with zero attached hydrogens (tertiary/aromatic N) is 1. The molecular formula is C13H17F3N2. The van der Waals surface area contributed by atoms with Crippen LogP contribution in [0.25, 0.3) is 0 Å². The van der Waals surface area contributed by atoms with Crippen molar-refractivity contribution >= 4 is 0 Å². The van der Waals surface area contributed by atoms with Gasteiger partial charge in [-0.3, -0.25) is 0 Å². The number of hydrogen-bond acceptors (Lipinski definition) is 2. The quantitative estimate of drug-likeness (QED) is 0.834. The molecule has 100 valence electrons. The zero-order valence-electron chi connectivity index (χ0n) is 10.3. The predicted molar refractivity (Wildman–Crippen MR) is 63.7 cm³/mol. The van der Waals surface area contributed by atoms with Crippen molar-refractivity contribution in [1.82, 2.24) is 10.2 Å². The summed E-state index contributed by atoms with van der Waals surface area (Å²) >= 11 is 0. The summed E-state index contributed by atoms with van der Waals surface area (Å²) in [5.41, 5.74) is 0.451. The Labute approximate surface area is 105 Å². The van der Waals surface area contributed by atoms with Gasteiger partial charge in [0.2, 0.25) is 0 Å². The Morgan fingerprint density at radius 1 is 1.28 bits per heavy atom. The summed E-state index contributed by atoms with van der Waals surface area (Å²) in [5.74, 6) is -3.66. The van der Waals surface area contributed by atoms with Gasteiger partial charge >= 0.3 is 0 Å². The van der Waals surface area contributed by atoms with Crippen molar-refractivity contribution in [3.8, 4) is 0 Å². The molecule has 2 nitrogen and oxygen atoms in total. The lowest BCUT2D eigenvalue weighted by Gasteiger charge is -2.21. The molecule has 1 atom stereocenters. The van der Waals surface area contributed by atoms with E-state index in [-0.39, 0.29) is 0 Å². The molecular weight excluding hydrogens is 241 g/mol. The third-order valence-corrected chi connectivity index (χ3v) is 3.19. The lowest BCUT2D eigenvalue weighted by Crippen LogP contribution is -2.35. The number of likely N-dealkylation sites (N-methyl/N-ethyl adjacent to an activating group) is 1. The van der Waals surface area contributed by atoms with Gasteiger partial charge in [-0.15, -0.1) is 0 Å². The molecule has 1 aromatic rings. The molecule has 1 fully saturated rings. The summed E-state index contributed by atoms with van der Waals surface area (Å²) in [4.78, 5) is 1.98. The van der Waals surface area contributed by atoms with Crippen molar-refractivity contribution in [1.29, 1.82) is 0 Å². The Morgan fingerprint density at radius 2 is 1.94 bits per heavy atom. The van der Waals surface area contributed by atoms with Crippen LogP contribution in [0.5, 0.6) is 0 Å². The maximum atomic E-state index is 13.0. The molecule has 18 heavy (non-hydrogen) atoms. The molecule has 1 aliphatic heterocycles. The van der Waals surface area contributed by atoms with Gasteiger partial charge in [0.15, 0.2) is 17.5 Å². The van der Waals surface area contributed by atoms with Crippen molar-refractivity contribution in [3.05, 3.63) is 35.1 Å². The second kappa shape index (κ2) is 5.71. The highest BCUT2D eigenvalue weighted by Gasteiger charge is 2.17. The molecule has 0 saturated carbocycles. The van der Waals surface area contributed by atoms with E-state index in [1.54, 1.807) is 0 Å². The Bertz CT molecular complexity index is 394. The topological polar surface area (TPSA) is 15.3 Å². The van der Waals surface area contributed by atoms with E-state index in [0.717, 1.165) is 38.1 Å². The first-order valence-electron chi connectivity index (χ1n) is 6.11. The Morgan fingerprint density at radius 3 is 2.50 bits per heavy atom. The minimum absolute atomic E-state index is 0.409. The Balaban J connectivity index is 1.95. The SMILES string of the molecule is CN(Cc1cc(F)c(F)c(F)c1)CC1CCCN1. The molecule has 0 amide bonds. The smallest absolute Gasteiger partial charge is 0.194 e. The fourth-order valence-corrected chi connectivity index (χ4v) is 2.36. The fraction of sp³-hybridized carbons (Fsp3) is 0.538. The van der Waals surface area contributed by atoms with E-state index in [9.17, 15) is 13.2 Å². The zero-order valence-corrected chi connectivity index (χ0v) is 10.3. The number of halogens is 3. The van der Waals surface area contributed by atoms with Crippen molar-refractivity contribution in [2.75, 3.05) is 20.1 Å². The molecule has 0 radical (unpaired) electrons. The molecule has 1 aliphatic rings. The number of rotatable bonds is 4. The van der Waals surface area contributed by atoms with Crippen LogP contribution >= 0.6 is 0 Å². The largest absolute Gasteiger partial charge is 0.313 e. The highest BCUT2D eigenvalue weighted by Crippen LogP contribution is 2.15. The van der Waals surface area contributed by atoms with Crippen molar-refractivity contribution in [2.24, 2.45) is 0 Å². The van der Waals surface area contributed by atoms with Gasteiger partial charge in [-0.25, -0.2) is 13.2 Å². The van der Waals surface area contributed by atoms with Gasteiger partial charge in [0.1, 0.15) is 0 Å². The van der Waals surface area contributed by atoms with E-state index in [1.165, 1.54) is 0 Å². The Hall–Kier alpha value is -1.07. The molecule has 1 aromatic carbocycles. The third kappa shape index (κ3) is 3.23. The van der Waals surface area contributed by atoms with Crippen molar-refractivity contribution in [2.45, 2.75) is 25.4 Å². The highest BCUT2D eigenvalue weighted by atomic mass is 19.2. The summed E-state index contributed by atoms with van der Waals surface area (Å²) in [6, 6.07) is 2.54. The molecule has 1 unspecified atom stereocenters. The maximum absolute atomic E-state index is 13.0. The fourth-order valence-electron chi connectivity index (χ4n) is 2.36. The monoisotopic (exact) mass is 258 g/mol. The van der Waals surface area contributed by atoms with E-state index in [1.807, 2.05) is 11.9 Å². The highest BCUT2D eigenvalue weighted by molar-refractivity contribution is 5.19. The first kappa shape index (κ1) is 13.4. The molecule has 1 N–H and O–H groups in total. The average molecular weight is 258 g/mol. The lowest BCUT2D eigenvalue weighted by molar-refractivity contribution is 0.292. The molecule has 0 bridgehead atoms. The van der Waals surface area contributed by atoms with Gasteiger partial charge < -0.3 is 10.2 Å². The van der Waals surface area contributed by atoms with Gasteiger partial charge in [0.05, 0.1) is 0 Å². The first-order valence-corrected chi connectivity index (χ1v) is 6.11. The molecule has 2 rings (SSSR count). The number of benzene rings is 1. The van der Waals surface area contributed by atoms with Crippen LogP contribution < -0.4 is 5.32 Å². The van der Waals surface area contributed by atoms with E-state index < -0.39 is 17.5 Å². The minimum atomic E-state index is -1.40. The summed E-state index contributed by atoms with van der Waals surface area (Å²) < 4.78 is 38.9. The number of hydrogen-bond donors (Lipinski definition) is 1. The molecule has 1 saturated heterocycles. The van der Waals surface area contributed by atoms with Crippen LogP contribution in [-0.2, 0) is 6.54 Å². The normalized spacial score (nSPS) is 19.7. The number of nitrogens with one attached hydrogen (secondary N) is 1. The second-order valence-corrected chi connectivity index (χ2v) is 4.86. The maximum Gasteiger partial charge on any atom is 0.194 e. The van der Waals surface area contributed by atoms with Crippen molar-refractivity contribution < 1.29 is 13.2 Å². The van der Waals surface area contributed by atoms with Gasteiger partial charge in [-0.05, 0) is 44.1 Å². The van der Waals surface area contributed by atoms with E-state index in [4.69, 9.17) is 0 Å². The third-order valence-electron chi connectivity index (χ3n) is 3.19. The van der Waals surface area contributed by atoms with Crippen LogP contribution in [0.1, 0.15) is 18.4 Å². The molecule has 0 aromatic heterocycles. The van der Waals surface area contributed by atoms with Gasteiger partial charge in [-0.2, -0.15) is 0 Å². The van der Waals surface area contributed by atoms with Crippen LogP contribution in [0, 0.1) is 17.5 Å². The minimum Gasteiger partial charge on any atom is -0.313 e. The van der Waals surface area contributed by atoms with Crippen LogP contribution in [-0.4, -0.2) is 31.1 Å². The van der Waals surface area contributed by atoms with Crippen LogP contribution in [0.2, 0.25) is 0 Å². The summed E-state index contributed by atoms with van der Waals surface area (Å²) in [5, 5.41) is 3.36. The Kier molecular flexibility index (Phi) is 4.24. The van der Waals surface area contributed by atoms with Crippen molar-refractivity contribution in [3.63, 3.8) is 0 Å². The van der Waals surface area contributed by atoms with Gasteiger partial charge in [0, 0.05) is 19.1 Å².